The summed E-state index contributed by atoms with van der Waals surface area (Å²) in [7, 11) is 0. The highest BCUT2D eigenvalue weighted by atomic mass is 79.9. The van der Waals surface area contributed by atoms with E-state index in [9.17, 15) is 4.79 Å². The zero-order chi connectivity index (χ0) is 14.7. The molecule has 1 aliphatic rings. The third-order valence-corrected chi connectivity index (χ3v) is 5.13. The van der Waals surface area contributed by atoms with Crippen LogP contribution in [0.3, 0.4) is 0 Å². The van der Waals surface area contributed by atoms with E-state index in [1.807, 2.05) is 30.3 Å². The number of aromatic nitrogens is 2. The van der Waals surface area contributed by atoms with Crippen molar-refractivity contribution in [2.24, 2.45) is 0 Å². The van der Waals surface area contributed by atoms with Crippen LogP contribution in [0, 0.1) is 0 Å². The van der Waals surface area contributed by atoms with Crippen LogP contribution in [-0.4, -0.2) is 26.6 Å². The molecule has 0 unspecified atom stereocenters. The van der Waals surface area contributed by atoms with E-state index in [-0.39, 0.29) is 11.4 Å². The lowest BCUT2D eigenvalue weighted by Crippen LogP contribution is -2.47. The van der Waals surface area contributed by atoms with Crippen LogP contribution < -0.4 is 5.32 Å². The molecule has 1 aliphatic carbocycles. The van der Waals surface area contributed by atoms with Crippen LogP contribution in [0.4, 0.5) is 0 Å². The standard InChI is InChI=1S/C16H18BrN3O/c17-12-16(8-4-5-9-16)19-15(21)13-10-18-20(11-13)14-6-2-1-3-7-14/h1-3,6-7,10-11H,4-5,8-9,12H2,(H,19,21). The number of para-hydroxylation sites is 1. The van der Waals surface area contributed by atoms with E-state index in [0.29, 0.717) is 5.56 Å². The maximum Gasteiger partial charge on any atom is 0.254 e. The van der Waals surface area contributed by atoms with Crippen LogP contribution >= 0.6 is 15.9 Å². The van der Waals surface area contributed by atoms with Gasteiger partial charge in [-0.15, -0.1) is 0 Å². The highest BCUT2D eigenvalue weighted by Crippen LogP contribution is 2.31. The highest BCUT2D eigenvalue weighted by molar-refractivity contribution is 9.09. The monoisotopic (exact) mass is 347 g/mol. The second-order valence-corrected chi connectivity index (χ2v) is 6.15. The first kappa shape index (κ1) is 14.3. The van der Waals surface area contributed by atoms with Gasteiger partial charge in [0.05, 0.1) is 23.0 Å². The van der Waals surface area contributed by atoms with Crippen molar-refractivity contribution in [3.8, 4) is 5.69 Å². The van der Waals surface area contributed by atoms with Crippen LogP contribution in [0.1, 0.15) is 36.0 Å². The number of nitrogens with zero attached hydrogens (tertiary/aromatic N) is 2. The quantitative estimate of drug-likeness (QED) is 0.862. The molecule has 0 radical (unpaired) electrons. The van der Waals surface area contributed by atoms with Crippen molar-refractivity contribution in [1.29, 1.82) is 0 Å². The molecule has 0 saturated heterocycles. The number of halogens is 1. The summed E-state index contributed by atoms with van der Waals surface area (Å²) in [5.41, 5.74) is 1.46. The summed E-state index contributed by atoms with van der Waals surface area (Å²) in [6.45, 7) is 0. The number of carbonyl (C=O) groups excluding carboxylic acids is 1. The summed E-state index contributed by atoms with van der Waals surface area (Å²) < 4.78 is 1.73. The van der Waals surface area contributed by atoms with Gasteiger partial charge in [-0.05, 0) is 25.0 Å². The van der Waals surface area contributed by atoms with Crippen molar-refractivity contribution in [3.63, 3.8) is 0 Å². The molecule has 0 aliphatic heterocycles. The van der Waals surface area contributed by atoms with Crippen molar-refractivity contribution in [1.82, 2.24) is 15.1 Å². The molecular formula is C16H18BrN3O. The van der Waals surface area contributed by atoms with E-state index in [1.54, 1.807) is 17.1 Å². The summed E-state index contributed by atoms with van der Waals surface area (Å²) in [5.74, 6) is -0.0430. The van der Waals surface area contributed by atoms with Gasteiger partial charge < -0.3 is 5.32 Å². The number of benzene rings is 1. The maximum atomic E-state index is 12.4. The normalized spacial score (nSPS) is 16.8. The van der Waals surface area contributed by atoms with Crippen molar-refractivity contribution in [2.45, 2.75) is 31.2 Å². The molecular weight excluding hydrogens is 330 g/mol. The SMILES string of the molecule is O=C(NC1(CBr)CCCC1)c1cnn(-c2ccccc2)c1. The van der Waals surface area contributed by atoms with Gasteiger partial charge in [0.2, 0.25) is 0 Å². The molecule has 110 valence electrons. The van der Waals surface area contributed by atoms with Crippen LogP contribution in [0.5, 0.6) is 0 Å². The molecule has 21 heavy (non-hydrogen) atoms. The summed E-state index contributed by atoms with van der Waals surface area (Å²) in [6, 6.07) is 9.79. The lowest BCUT2D eigenvalue weighted by atomic mass is 10.0. The molecule has 1 heterocycles. The van der Waals surface area contributed by atoms with Crippen molar-refractivity contribution < 1.29 is 4.79 Å². The van der Waals surface area contributed by atoms with Gasteiger partial charge in [0, 0.05) is 11.5 Å². The van der Waals surface area contributed by atoms with E-state index in [1.165, 1.54) is 12.8 Å². The van der Waals surface area contributed by atoms with Gasteiger partial charge in [-0.25, -0.2) is 4.68 Å². The highest BCUT2D eigenvalue weighted by Gasteiger charge is 2.34. The summed E-state index contributed by atoms with van der Waals surface area (Å²) in [5, 5.41) is 8.26. The van der Waals surface area contributed by atoms with Gasteiger partial charge in [0.15, 0.2) is 0 Å². The Labute approximate surface area is 132 Å². The van der Waals surface area contributed by atoms with Crippen LogP contribution in [0.2, 0.25) is 0 Å². The Morgan fingerprint density at radius 2 is 2.00 bits per heavy atom. The molecule has 0 atom stereocenters. The molecule has 1 saturated carbocycles. The Kier molecular flexibility index (Phi) is 4.10. The second kappa shape index (κ2) is 6.02. The Balaban J connectivity index is 1.75. The number of hydrogen-bond acceptors (Lipinski definition) is 2. The van der Waals surface area contributed by atoms with E-state index in [2.05, 4.69) is 26.3 Å². The van der Waals surface area contributed by atoms with Crippen LogP contribution in [0.25, 0.3) is 5.69 Å². The number of rotatable bonds is 4. The van der Waals surface area contributed by atoms with Crippen LogP contribution in [0.15, 0.2) is 42.7 Å². The van der Waals surface area contributed by atoms with E-state index < -0.39 is 0 Å². The fourth-order valence-corrected chi connectivity index (χ4v) is 3.52. The summed E-state index contributed by atoms with van der Waals surface area (Å²) in [6.07, 6.45) is 7.83. The zero-order valence-corrected chi connectivity index (χ0v) is 13.3. The van der Waals surface area contributed by atoms with E-state index in [0.717, 1.165) is 23.9 Å². The Morgan fingerprint density at radius 3 is 2.67 bits per heavy atom. The summed E-state index contributed by atoms with van der Waals surface area (Å²) in [4.78, 5) is 12.4. The largest absolute Gasteiger partial charge is 0.346 e. The first-order valence-electron chi connectivity index (χ1n) is 7.21. The van der Waals surface area contributed by atoms with E-state index >= 15 is 0 Å². The van der Waals surface area contributed by atoms with Crippen molar-refractivity contribution in [2.75, 3.05) is 5.33 Å². The Bertz CT molecular complexity index is 617. The smallest absolute Gasteiger partial charge is 0.254 e. The van der Waals surface area contributed by atoms with Gasteiger partial charge in [-0.1, -0.05) is 47.0 Å². The molecule has 1 aromatic carbocycles. The predicted molar refractivity (Wildman–Crippen MR) is 86.0 cm³/mol. The molecule has 0 bridgehead atoms. The Morgan fingerprint density at radius 1 is 1.29 bits per heavy atom. The predicted octanol–water partition coefficient (Wildman–Crippen LogP) is 3.31. The molecule has 2 aromatic rings. The first-order valence-corrected chi connectivity index (χ1v) is 8.33. The molecule has 0 spiro atoms. The fourth-order valence-electron chi connectivity index (χ4n) is 2.82. The molecule has 4 nitrogen and oxygen atoms in total. The maximum absolute atomic E-state index is 12.4. The number of nitrogens with one attached hydrogen (secondary N) is 1. The summed E-state index contributed by atoms with van der Waals surface area (Å²) >= 11 is 3.54. The number of hydrogen-bond donors (Lipinski definition) is 1. The Hall–Kier alpha value is -1.62. The first-order chi connectivity index (χ1) is 10.2. The molecule has 1 amide bonds. The lowest BCUT2D eigenvalue weighted by Gasteiger charge is -2.27. The molecule has 1 fully saturated rings. The molecule has 1 aromatic heterocycles. The third-order valence-electron chi connectivity index (χ3n) is 4.06. The lowest BCUT2D eigenvalue weighted by molar-refractivity contribution is 0.0910. The fraction of sp³-hybridized carbons (Fsp3) is 0.375. The third kappa shape index (κ3) is 3.02. The number of alkyl halides is 1. The van der Waals surface area contributed by atoms with Gasteiger partial charge >= 0.3 is 0 Å². The van der Waals surface area contributed by atoms with Gasteiger partial charge in [0.1, 0.15) is 0 Å². The second-order valence-electron chi connectivity index (χ2n) is 5.58. The number of carbonyl (C=O) groups is 1. The molecule has 5 heteroatoms. The topological polar surface area (TPSA) is 46.9 Å². The average molecular weight is 348 g/mol. The van der Waals surface area contributed by atoms with Crippen molar-refractivity contribution in [3.05, 3.63) is 48.3 Å². The average Bonchev–Trinajstić information content (AvgIpc) is 3.18. The minimum absolute atomic E-state index is 0.0430. The minimum atomic E-state index is -0.0913. The van der Waals surface area contributed by atoms with Crippen LogP contribution in [-0.2, 0) is 0 Å². The van der Waals surface area contributed by atoms with Gasteiger partial charge in [0.25, 0.3) is 5.91 Å². The number of amides is 1. The van der Waals surface area contributed by atoms with E-state index in [4.69, 9.17) is 0 Å². The van der Waals surface area contributed by atoms with Gasteiger partial charge in [-0.2, -0.15) is 5.10 Å². The molecule has 1 N–H and O–H groups in total. The molecule has 3 rings (SSSR count). The van der Waals surface area contributed by atoms with Gasteiger partial charge in [-0.3, -0.25) is 4.79 Å². The van der Waals surface area contributed by atoms with Crippen molar-refractivity contribution >= 4 is 21.8 Å². The minimum Gasteiger partial charge on any atom is -0.346 e. The zero-order valence-electron chi connectivity index (χ0n) is 11.8.